The average Bonchev–Trinajstić information content (AvgIpc) is 2.28. The van der Waals surface area contributed by atoms with Gasteiger partial charge in [-0.05, 0) is 31.5 Å². The molecule has 1 aromatic carbocycles. The fourth-order valence-electron chi connectivity index (χ4n) is 1.27. The fourth-order valence-corrected chi connectivity index (χ4v) is 1.40. The van der Waals surface area contributed by atoms with Gasteiger partial charge >= 0.3 is 0 Å². The summed E-state index contributed by atoms with van der Waals surface area (Å²) >= 11 is 5.79. The molecule has 1 N–H and O–H groups in total. The maximum Gasteiger partial charge on any atom is 0.249 e. The molecular formula is C12H16ClNO2. The van der Waals surface area contributed by atoms with Gasteiger partial charge in [0.2, 0.25) is 5.91 Å². The lowest BCUT2D eigenvalue weighted by Crippen LogP contribution is -2.35. The van der Waals surface area contributed by atoms with Crippen LogP contribution in [-0.2, 0) is 9.53 Å². The van der Waals surface area contributed by atoms with Crippen LogP contribution in [0.2, 0.25) is 5.02 Å². The van der Waals surface area contributed by atoms with Crippen LogP contribution >= 0.6 is 11.6 Å². The predicted octanol–water partition coefficient (Wildman–Crippen LogP) is 2.55. The lowest BCUT2D eigenvalue weighted by atomic mass is 10.1. The van der Waals surface area contributed by atoms with Crippen LogP contribution in [0.1, 0.15) is 25.5 Å². The molecule has 0 saturated heterocycles. The topological polar surface area (TPSA) is 38.3 Å². The first-order chi connectivity index (χ1) is 7.54. The third-order valence-electron chi connectivity index (χ3n) is 2.45. The molecule has 0 radical (unpaired) electrons. The minimum atomic E-state index is -0.435. The summed E-state index contributed by atoms with van der Waals surface area (Å²) in [7, 11) is 1.51. The van der Waals surface area contributed by atoms with Gasteiger partial charge in [-0.25, -0.2) is 0 Å². The largest absolute Gasteiger partial charge is 0.372 e. The second kappa shape index (κ2) is 5.87. The maximum absolute atomic E-state index is 11.6. The molecule has 0 saturated carbocycles. The second-order valence-corrected chi connectivity index (χ2v) is 4.10. The Morgan fingerprint density at radius 3 is 2.38 bits per heavy atom. The van der Waals surface area contributed by atoms with Gasteiger partial charge < -0.3 is 10.1 Å². The Morgan fingerprint density at radius 2 is 1.88 bits per heavy atom. The number of carbonyl (C=O) groups is 1. The standard InChI is InChI=1S/C12H16ClNO2/c1-8(14-12(15)9(2)16-3)10-4-6-11(13)7-5-10/h4-9H,1-3H3,(H,14,15)/t8-,9?/m0/s1. The van der Waals surface area contributed by atoms with Gasteiger partial charge in [0, 0.05) is 12.1 Å². The molecule has 0 fully saturated rings. The molecule has 1 unspecified atom stereocenters. The van der Waals surface area contributed by atoms with E-state index in [9.17, 15) is 4.79 Å². The number of methoxy groups -OCH3 is 1. The molecule has 1 aromatic rings. The normalized spacial score (nSPS) is 14.2. The van der Waals surface area contributed by atoms with Gasteiger partial charge in [-0.1, -0.05) is 23.7 Å². The molecule has 0 aliphatic heterocycles. The lowest BCUT2D eigenvalue weighted by Gasteiger charge is -2.17. The predicted molar refractivity (Wildman–Crippen MR) is 64.5 cm³/mol. The highest BCUT2D eigenvalue weighted by atomic mass is 35.5. The molecule has 0 heterocycles. The molecule has 1 amide bonds. The van der Waals surface area contributed by atoms with E-state index in [2.05, 4.69) is 5.32 Å². The molecule has 0 bridgehead atoms. The highest BCUT2D eigenvalue weighted by molar-refractivity contribution is 6.30. The van der Waals surface area contributed by atoms with Crippen molar-refractivity contribution in [2.75, 3.05) is 7.11 Å². The van der Waals surface area contributed by atoms with Gasteiger partial charge in [-0.3, -0.25) is 4.79 Å². The number of ether oxygens (including phenoxy) is 1. The molecule has 2 atom stereocenters. The van der Waals surface area contributed by atoms with Crippen LogP contribution in [0.15, 0.2) is 24.3 Å². The number of nitrogens with one attached hydrogen (secondary N) is 1. The first-order valence-electron chi connectivity index (χ1n) is 5.13. The Bertz CT molecular complexity index is 351. The summed E-state index contributed by atoms with van der Waals surface area (Å²) in [6, 6.07) is 7.34. The first kappa shape index (κ1) is 13.0. The number of rotatable bonds is 4. The Morgan fingerprint density at radius 1 is 1.31 bits per heavy atom. The highest BCUT2D eigenvalue weighted by Crippen LogP contribution is 2.16. The molecule has 16 heavy (non-hydrogen) atoms. The quantitative estimate of drug-likeness (QED) is 0.880. The van der Waals surface area contributed by atoms with Crippen LogP contribution in [0.25, 0.3) is 0 Å². The van der Waals surface area contributed by atoms with Crippen molar-refractivity contribution in [3.63, 3.8) is 0 Å². The van der Waals surface area contributed by atoms with Crippen molar-refractivity contribution < 1.29 is 9.53 Å². The van der Waals surface area contributed by atoms with E-state index in [0.717, 1.165) is 5.56 Å². The fraction of sp³-hybridized carbons (Fsp3) is 0.417. The molecule has 1 rings (SSSR count). The average molecular weight is 242 g/mol. The molecule has 0 aliphatic rings. The Hall–Kier alpha value is -1.06. The summed E-state index contributed by atoms with van der Waals surface area (Å²) in [5.74, 6) is -0.120. The van der Waals surface area contributed by atoms with Crippen molar-refractivity contribution in [1.29, 1.82) is 0 Å². The van der Waals surface area contributed by atoms with Crippen molar-refractivity contribution in [3.05, 3.63) is 34.9 Å². The van der Waals surface area contributed by atoms with E-state index >= 15 is 0 Å². The number of carbonyl (C=O) groups excluding carboxylic acids is 1. The smallest absolute Gasteiger partial charge is 0.249 e. The van der Waals surface area contributed by atoms with Crippen molar-refractivity contribution in [3.8, 4) is 0 Å². The van der Waals surface area contributed by atoms with E-state index in [1.807, 2.05) is 19.1 Å². The molecule has 88 valence electrons. The zero-order valence-corrected chi connectivity index (χ0v) is 10.4. The molecule has 0 aromatic heterocycles. The monoisotopic (exact) mass is 241 g/mol. The van der Waals surface area contributed by atoms with Gasteiger partial charge in [-0.2, -0.15) is 0 Å². The van der Waals surface area contributed by atoms with Crippen LogP contribution in [0.5, 0.6) is 0 Å². The number of hydrogen-bond donors (Lipinski definition) is 1. The molecule has 4 heteroatoms. The van der Waals surface area contributed by atoms with Gasteiger partial charge in [0.05, 0.1) is 6.04 Å². The van der Waals surface area contributed by atoms with Gasteiger partial charge in [0.15, 0.2) is 0 Å². The summed E-state index contributed by atoms with van der Waals surface area (Å²) < 4.78 is 4.93. The number of benzene rings is 1. The van der Waals surface area contributed by atoms with Crippen LogP contribution in [0, 0.1) is 0 Å². The van der Waals surface area contributed by atoms with Crippen molar-refractivity contribution in [2.24, 2.45) is 0 Å². The Balaban J connectivity index is 2.62. The van der Waals surface area contributed by atoms with Crippen molar-refractivity contribution in [2.45, 2.75) is 26.0 Å². The van der Waals surface area contributed by atoms with E-state index in [-0.39, 0.29) is 11.9 Å². The van der Waals surface area contributed by atoms with E-state index in [1.165, 1.54) is 7.11 Å². The minimum Gasteiger partial charge on any atom is -0.372 e. The number of halogens is 1. The molecular weight excluding hydrogens is 226 g/mol. The first-order valence-corrected chi connectivity index (χ1v) is 5.51. The molecule has 0 aliphatic carbocycles. The van der Waals surface area contributed by atoms with Crippen LogP contribution < -0.4 is 5.32 Å². The number of hydrogen-bond acceptors (Lipinski definition) is 2. The summed E-state index contributed by atoms with van der Waals surface area (Å²) in [6.45, 7) is 3.63. The zero-order valence-electron chi connectivity index (χ0n) is 9.66. The van der Waals surface area contributed by atoms with Crippen molar-refractivity contribution in [1.82, 2.24) is 5.32 Å². The van der Waals surface area contributed by atoms with Crippen LogP contribution in [0.3, 0.4) is 0 Å². The summed E-state index contributed by atoms with van der Waals surface area (Å²) in [4.78, 5) is 11.6. The Kier molecular flexibility index (Phi) is 4.77. The minimum absolute atomic E-state index is 0.0534. The summed E-state index contributed by atoms with van der Waals surface area (Å²) in [6.07, 6.45) is -0.435. The van der Waals surface area contributed by atoms with Crippen LogP contribution in [-0.4, -0.2) is 19.1 Å². The van der Waals surface area contributed by atoms with Gasteiger partial charge in [0.25, 0.3) is 0 Å². The Labute approximate surface area is 101 Å². The molecule has 0 spiro atoms. The molecule has 3 nitrogen and oxygen atoms in total. The third-order valence-corrected chi connectivity index (χ3v) is 2.70. The van der Waals surface area contributed by atoms with Crippen LogP contribution in [0.4, 0.5) is 0 Å². The third kappa shape index (κ3) is 3.51. The number of amides is 1. The second-order valence-electron chi connectivity index (χ2n) is 3.66. The highest BCUT2D eigenvalue weighted by Gasteiger charge is 2.14. The van der Waals surface area contributed by atoms with E-state index in [1.54, 1.807) is 19.1 Å². The summed E-state index contributed by atoms with van der Waals surface area (Å²) in [5, 5.41) is 3.55. The maximum atomic E-state index is 11.6. The summed E-state index contributed by atoms with van der Waals surface area (Å²) in [5.41, 5.74) is 1.01. The van der Waals surface area contributed by atoms with Crippen molar-refractivity contribution >= 4 is 17.5 Å². The van der Waals surface area contributed by atoms with E-state index in [4.69, 9.17) is 16.3 Å². The van der Waals surface area contributed by atoms with Gasteiger partial charge in [-0.15, -0.1) is 0 Å². The SMILES string of the molecule is COC(C)C(=O)N[C@@H](C)c1ccc(Cl)cc1. The lowest BCUT2D eigenvalue weighted by molar-refractivity contribution is -0.130. The van der Waals surface area contributed by atoms with Gasteiger partial charge in [0.1, 0.15) is 6.10 Å². The van der Waals surface area contributed by atoms with E-state index < -0.39 is 6.10 Å². The zero-order chi connectivity index (χ0) is 12.1. The van der Waals surface area contributed by atoms with E-state index in [0.29, 0.717) is 5.02 Å².